The summed E-state index contributed by atoms with van der Waals surface area (Å²) in [6.07, 6.45) is 4.76. The van der Waals surface area contributed by atoms with E-state index < -0.39 is 0 Å². The Kier molecular flexibility index (Phi) is 4.34. The van der Waals surface area contributed by atoms with Gasteiger partial charge in [0, 0.05) is 53.1 Å². The molecule has 3 heterocycles. The fourth-order valence-electron chi connectivity index (χ4n) is 2.94. The maximum Gasteiger partial charge on any atom is 0.194 e. The lowest BCUT2D eigenvalue weighted by Crippen LogP contribution is -2.18. The van der Waals surface area contributed by atoms with E-state index >= 15 is 0 Å². The number of nitrogens with one attached hydrogen (secondary N) is 1. The van der Waals surface area contributed by atoms with Gasteiger partial charge in [0.15, 0.2) is 20.8 Å². The molecule has 1 aliphatic rings. The number of aromatic hydroxyl groups is 2. The smallest absolute Gasteiger partial charge is 0.194 e. The molecule has 25 heavy (non-hydrogen) atoms. The largest absolute Gasteiger partial charge is 0.508 e. The first-order valence-corrected chi connectivity index (χ1v) is 9.00. The summed E-state index contributed by atoms with van der Waals surface area (Å²) in [5.41, 5.74) is 1.81. The molecule has 1 unspecified atom stereocenters. The summed E-state index contributed by atoms with van der Waals surface area (Å²) in [5, 5.41) is 22.4. The Bertz CT molecular complexity index is 903. The van der Waals surface area contributed by atoms with E-state index in [0.29, 0.717) is 26.5 Å². The minimum Gasteiger partial charge on any atom is -0.508 e. The molecule has 0 amide bonds. The number of anilines is 2. The lowest BCUT2D eigenvalue weighted by Gasteiger charge is -2.23. The summed E-state index contributed by atoms with van der Waals surface area (Å²) in [6, 6.07) is 4.27. The summed E-state index contributed by atoms with van der Waals surface area (Å²) in [7, 11) is 0. The van der Waals surface area contributed by atoms with Crippen molar-refractivity contribution in [3.63, 3.8) is 0 Å². The second kappa shape index (κ2) is 6.64. The first-order valence-electron chi connectivity index (χ1n) is 7.92. The number of benzene rings is 1. The molecule has 0 spiro atoms. The Balaban J connectivity index is 1.75. The van der Waals surface area contributed by atoms with Gasteiger partial charge in [-0.15, -0.1) is 0 Å². The van der Waals surface area contributed by atoms with Crippen molar-refractivity contribution >= 4 is 45.3 Å². The van der Waals surface area contributed by atoms with Gasteiger partial charge in [-0.3, -0.25) is 4.57 Å². The Morgan fingerprint density at radius 3 is 2.68 bits per heavy atom. The molecule has 0 bridgehead atoms. The molecule has 2 aromatic heterocycles. The van der Waals surface area contributed by atoms with Crippen molar-refractivity contribution in [1.82, 2.24) is 19.5 Å². The van der Waals surface area contributed by atoms with E-state index in [1.54, 1.807) is 6.33 Å². The number of halogens is 1. The van der Waals surface area contributed by atoms with Crippen LogP contribution >= 0.6 is 22.6 Å². The Hall–Kier alpha value is -2.14. The molecular formula is C16H16IN5O3. The van der Waals surface area contributed by atoms with Crippen LogP contribution in [0.3, 0.4) is 0 Å². The van der Waals surface area contributed by atoms with Crippen molar-refractivity contribution in [3.8, 4) is 11.5 Å². The monoisotopic (exact) mass is 453 g/mol. The van der Waals surface area contributed by atoms with Crippen molar-refractivity contribution in [2.45, 2.75) is 25.5 Å². The zero-order valence-electron chi connectivity index (χ0n) is 13.2. The quantitative estimate of drug-likeness (QED) is 0.413. The van der Waals surface area contributed by atoms with E-state index in [0.717, 1.165) is 25.9 Å². The molecule has 1 aliphatic heterocycles. The number of hydrogen-bond donors (Lipinski definition) is 3. The molecule has 0 aliphatic carbocycles. The highest BCUT2D eigenvalue weighted by molar-refractivity contribution is 14.1. The molecule has 1 aromatic carbocycles. The Labute approximate surface area is 157 Å². The molecule has 3 aromatic rings. The number of nitrogens with zero attached hydrogens (tertiary/aromatic N) is 4. The highest BCUT2D eigenvalue weighted by Gasteiger charge is 2.21. The zero-order chi connectivity index (χ0) is 17.4. The zero-order valence-corrected chi connectivity index (χ0v) is 15.3. The number of hydrogen-bond acceptors (Lipinski definition) is 7. The van der Waals surface area contributed by atoms with Crippen molar-refractivity contribution < 1.29 is 14.9 Å². The number of fused-ring (bicyclic) bond motifs is 1. The third-order valence-corrected chi connectivity index (χ3v) is 4.51. The van der Waals surface area contributed by atoms with Crippen molar-refractivity contribution in [1.29, 1.82) is 0 Å². The number of imidazole rings is 1. The third-order valence-electron chi connectivity index (χ3n) is 4.03. The summed E-state index contributed by atoms with van der Waals surface area (Å²) in [6.45, 7) is 0.736. The van der Waals surface area contributed by atoms with Crippen LogP contribution in [-0.2, 0) is 4.74 Å². The van der Waals surface area contributed by atoms with E-state index in [1.807, 2.05) is 4.57 Å². The van der Waals surface area contributed by atoms with Crippen molar-refractivity contribution in [2.75, 3.05) is 11.9 Å². The summed E-state index contributed by atoms with van der Waals surface area (Å²) in [4.78, 5) is 13.3. The predicted octanol–water partition coefficient (Wildman–Crippen LogP) is 3.28. The molecule has 4 rings (SSSR count). The lowest BCUT2D eigenvalue weighted by atomic mass is 10.2. The van der Waals surface area contributed by atoms with E-state index in [9.17, 15) is 10.2 Å². The number of aromatic nitrogens is 4. The number of ether oxygens (including phenoxy) is 1. The Morgan fingerprint density at radius 1 is 1.16 bits per heavy atom. The number of phenols is 2. The number of phenolic OH excluding ortho intramolecular Hbond substituents is 2. The molecule has 1 atom stereocenters. The van der Waals surface area contributed by atoms with E-state index in [-0.39, 0.29) is 17.7 Å². The van der Waals surface area contributed by atoms with Gasteiger partial charge < -0.3 is 20.3 Å². The maximum atomic E-state index is 9.64. The van der Waals surface area contributed by atoms with Gasteiger partial charge in [0.2, 0.25) is 0 Å². The fourth-order valence-corrected chi connectivity index (χ4v) is 3.40. The maximum absolute atomic E-state index is 9.64. The van der Waals surface area contributed by atoms with E-state index in [2.05, 4.69) is 42.9 Å². The van der Waals surface area contributed by atoms with Crippen LogP contribution in [0.2, 0.25) is 0 Å². The van der Waals surface area contributed by atoms with Crippen LogP contribution in [0.25, 0.3) is 11.2 Å². The summed E-state index contributed by atoms with van der Waals surface area (Å²) >= 11 is 2.05. The fraction of sp³-hybridized carbons (Fsp3) is 0.312. The second-order valence-corrected chi connectivity index (χ2v) is 6.81. The average molecular weight is 453 g/mol. The van der Waals surface area contributed by atoms with Gasteiger partial charge in [-0.2, -0.15) is 0 Å². The molecule has 130 valence electrons. The van der Waals surface area contributed by atoms with Crippen LogP contribution in [0.5, 0.6) is 11.5 Å². The summed E-state index contributed by atoms with van der Waals surface area (Å²) in [5.74, 6) is 0.432. The third kappa shape index (κ3) is 3.33. The first-order chi connectivity index (χ1) is 12.1. The van der Waals surface area contributed by atoms with Crippen LogP contribution in [-0.4, -0.2) is 36.3 Å². The van der Waals surface area contributed by atoms with Crippen LogP contribution < -0.4 is 5.32 Å². The molecule has 1 fully saturated rings. The molecule has 0 radical (unpaired) electrons. The van der Waals surface area contributed by atoms with Gasteiger partial charge in [0.05, 0.1) is 6.33 Å². The minimum absolute atomic E-state index is 0.0383. The van der Waals surface area contributed by atoms with Gasteiger partial charge in [0.25, 0.3) is 0 Å². The second-order valence-electron chi connectivity index (χ2n) is 5.85. The lowest BCUT2D eigenvalue weighted by molar-refractivity contribution is -0.0298. The topological polar surface area (TPSA) is 105 Å². The standard InChI is InChI=1S/C16H16IN5O3/c17-16-20-14(19-9-5-10(23)7-11(24)6-9)13-15(21-16)22(8-18-13)12-3-1-2-4-25-12/h5-8,12,23-24H,1-4H2,(H,19,20,21). The predicted molar refractivity (Wildman–Crippen MR) is 99.9 cm³/mol. The minimum atomic E-state index is -0.0675. The van der Waals surface area contributed by atoms with Gasteiger partial charge in [-0.05, 0) is 19.3 Å². The van der Waals surface area contributed by atoms with Gasteiger partial charge in [-0.1, -0.05) is 0 Å². The van der Waals surface area contributed by atoms with Gasteiger partial charge in [0.1, 0.15) is 17.7 Å². The normalized spacial score (nSPS) is 17.7. The SMILES string of the molecule is Oc1cc(O)cc(Nc2nc(I)nc3c2ncn3C2CCCCO2)c1. The van der Waals surface area contributed by atoms with Gasteiger partial charge >= 0.3 is 0 Å². The van der Waals surface area contributed by atoms with Crippen molar-refractivity contribution in [2.24, 2.45) is 0 Å². The van der Waals surface area contributed by atoms with Crippen LogP contribution in [0, 0.1) is 3.83 Å². The molecule has 8 nitrogen and oxygen atoms in total. The van der Waals surface area contributed by atoms with Crippen LogP contribution in [0.4, 0.5) is 11.5 Å². The Morgan fingerprint density at radius 2 is 1.96 bits per heavy atom. The molecule has 3 N–H and O–H groups in total. The highest BCUT2D eigenvalue weighted by atomic mass is 127. The van der Waals surface area contributed by atoms with E-state index in [4.69, 9.17) is 4.74 Å². The highest BCUT2D eigenvalue weighted by Crippen LogP contribution is 2.31. The first kappa shape index (κ1) is 16.3. The van der Waals surface area contributed by atoms with E-state index in [1.165, 1.54) is 18.2 Å². The molecule has 9 heteroatoms. The summed E-state index contributed by atoms with van der Waals surface area (Å²) < 4.78 is 8.33. The molecule has 1 saturated heterocycles. The molecular weight excluding hydrogens is 437 g/mol. The van der Waals surface area contributed by atoms with Crippen LogP contribution in [0.1, 0.15) is 25.5 Å². The van der Waals surface area contributed by atoms with Gasteiger partial charge in [-0.25, -0.2) is 15.0 Å². The van der Waals surface area contributed by atoms with Crippen molar-refractivity contribution in [3.05, 3.63) is 28.4 Å². The van der Waals surface area contributed by atoms with Crippen LogP contribution in [0.15, 0.2) is 24.5 Å². The average Bonchev–Trinajstić information content (AvgIpc) is 2.98. The molecule has 0 saturated carbocycles. The number of rotatable bonds is 3.